The largest absolute Gasteiger partial charge is 0.294 e. The number of Topliss-reactive ketones (excluding diaryl/α,β-unsaturated/α-hetero) is 1. The zero-order chi connectivity index (χ0) is 20.0. The van der Waals surface area contributed by atoms with Crippen molar-refractivity contribution in [2.45, 2.75) is 44.9 Å². The molecule has 2 aliphatic carbocycles. The highest BCUT2D eigenvalue weighted by Gasteiger charge is 2.45. The van der Waals surface area contributed by atoms with Crippen LogP contribution in [-0.2, 0) is 11.8 Å². The summed E-state index contributed by atoms with van der Waals surface area (Å²) in [5.74, 6) is 2.08. The van der Waals surface area contributed by atoms with Crippen LogP contribution in [0.3, 0.4) is 0 Å². The van der Waals surface area contributed by atoms with Crippen LogP contribution in [-0.4, -0.2) is 5.78 Å². The molecule has 3 aromatic rings. The van der Waals surface area contributed by atoms with Crippen LogP contribution in [0.4, 0.5) is 0 Å². The second-order valence-electron chi connectivity index (χ2n) is 9.13. The fourth-order valence-electron chi connectivity index (χ4n) is 5.16. The molecule has 2 aliphatic rings. The second-order valence-corrected chi connectivity index (χ2v) is 9.13. The summed E-state index contributed by atoms with van der Waals surface area (Å²) in [6, 6.07) is 26.0. The first-order valence-corrected chi connectivity index (χ1v) is 10.9. The molecule has 3 aromatic carbocycles. The summed E-state index contributed by atoms with van der Waals surface area (Å²) >= 11 is 0. The van der Waals surface area contributed by atoms with Crippen molar-refractivity contribution in [2.75, 3.05) is 0 Å². The molecule has 0 spiro atoms. The van der Waals surface area contributed by atoms with E-state index in [0.29, 0.717) is 6.42 Å². The maximum Gasteiger partial charge on any atom is 0.164 e. The third-order valence-electron chi connectivity index (χ3n) is 7.18. The van der Waals surface area contributed by atoms with Gasteiger partial charge in [-0.25, -0.2) is 0 Å². The van der Waals surface area contributed by atoms with Gasteiger partial charge < -0.3 is 0 Å². The Balaban J connectivity index is 1.57. The summed E-state index contributed by atoms with van der Waals surface area (Å²) in [7, 11) is 0. The van der Waals surface area contributed by atoms with Gasteiger partial charge in [-0.05, 0) is 60.3 Å². The van der Waals surface area contributed by atoms with Crippen molar-refractivity contribution in [1.82, 2.24) is 0 Å². The molecule has 0 bridgehead atoms. The normalized spacial score (nSPS) is 25.1. The van der Waals surface area contributed by atoms with Crippen LogP contribution in [0, 0.1) is 18.8 Å². The average molecular weight is 381 g/mol. The van der Waals surface area contributed by atoms with Gasteiger partial charge in [-0.1, -0.05) is 85.3 Å². The van der Waals surface area contributed by atoms with Gasteiger partial charge in [0.15, 0.2) is 5.78 Å². The molecule has 0 aliphatic heterocycles. The van der Waals surface area contributed by atoms with E-state index in [1.807, 2.05) is 12.1 Å². The Hall–Kier alpha value is -2.67. The van der Waals surface area contributed by atoms with Gasteiger partial charge in [0.2, 0.25) is 0 Å². The summed E-state index contributed by atoms with van der Waals surface area (Å²) in [5, 5.41) is 0. The third kappa shape index (κ3) is 3.13. The zero-order valence-electron chi connectivity index (χ0n) is 17.3. The first kappa shape index (κ1) is 18.4. The van der Waals surface area contributed by atoms with E-state index in [1.165, 1.54) is 35.1 Å². The maximum atomic E-state index is 13.0. The summed E-state index contributed by atoms with van der Waals surface area (Å²) in [4.78, 5) is 13.0. The van der Waals surface area contributed by atoms with E-state index in [-0.39, 0.29) is 11.2 Å². The molecule has 3 atom stereocenters. The predicted octanol–water partition coefficient (Wildman–Crippen LogP) is 6.50. The van der Waals surface area contributed by atoms with Crippen molar-refractivity contribution < 1.29 is 4.79 Å². The molecule has 0 radical (unpaired) electrons. The fourth-order valence-corrected chi connectivity index (χ4v) is 5.16. The molecule has 0 heterocycles. The van der Waals surface area contributed by atoms with E-state index in [0.717, 1.165) is 29.4 Å². The number of carbonyl (C=O) groups excluding carboxylic acids is 1. The van der Waals surface area contributed by atoms with Crippen molar-refractivity contribution in [3.8, 4) is 0 Å². The van der Waals surface area contributed by atoms with Gasteiger partial charge in [0.05, 0.1) is 5.41 Å². The van der Waals surface area contributed by atoms with Gasteiger partial charge in [0.25, 0.3) is 0 Å². The minimum Gasteiger partial charge on any atom is -0.294 e. The highest BCUT2D eigenvalue weighted by atomic mass is 16.1. The number of rotatable bonds is 5. The lowest BCUT2D eigenvalue weighted by atomic mass is 9.70. The lowest BCUT2D eigenvalue weighted by Crippen LogP contribution is -2.27. The van der Waals surface area contributed by atoms with Gasteiger partial charge in [0, 0.05) is 12.0 Å². The van der Waals surface area contributed by atoms with Crippen LogP contribution >= 0.6 is 0 Å². The van der Waals surface area contributed by atoms with E-state index >= 15 is 0 Å². The van der Waals surface area contributed by atoms with Crippen molar-refractivity contribution in [3.63, 3.8) is 0 Å². The van der Waals surface area contributed by atoms with Crippen LogP contribution in [0.2, 0.25) is 0 Å². The first-order valence-electron chi connectivity index (χ1n) is 10.9. The van der Waals surface area contributed by atoms with Gasteiger partial charge >= 0.3 is 0 Å². The van der Waals surface area contributed by atoms with Crippen LogP contribution in [0.25, 0.3) is 0 Å². The predicted molar refractivity (Wildman–Crippen MR) is 118 cm³/mol. The molecular formula is C28H28O. The van der Waals surface area contributed by atoms with Gasteiger partial charge in [0.1, 0.15) is 0 Å². The van der Waals surface area contributed by atoms with Gasteiger partial charge in [-0.3, -0.25) is 4.79 Å². The van der Waals surface area contributed by atoms with Crippen molar-refractivity contribution in [3.05, 3.63) is 106 Å². The Morgan fingerprint density at radius 2 is 1.52 bits per heavy atom. The molecule has 0 aromatic heterocycles. The van der Waals surface area contributed by atoms with E-state index in [4.69, 9.17) is 0 Å². The van der Waals surface area contributed by atoms with Gasteiger partial charge in [-0.15, -0.1) is 0 Å². The Labute approximate surface area is 173 Å². The van der Waals surface area contributed by atoms with Crippen molar-refractivity contribution in [1.29, 1.82) is 0 Å². The number of ketones is 1. The molecule has 1 saturated carbocycles. The lowest BCUT2D eigenvalue weighted by Gasteiger charge is -2.31. The molecule has 0 saturated heterocycles. The molecule has 29 heavy (non-hydrogen) atoms. The highest BCUT2D eigenvalue weighted by molar-refractivity contribution is 6.03. The van der Waals surface area contributed by atoms with E-state index in [2.05, 4.69) is 74.5 Å². The van der Waals surface area contributed by atoms with E-state index in [9.17, 15) is 4.79 Å². The smallest absolute Gasteiger partial charge is 0.164 e. The molecule has 5 rings (SSSR count). The monoisotopic (exact) mass is 380 g/mol. The quantitative estimate of drug-likeness (QED) is 0.493. The minimum absolute atomic E-state index is 0.243. The third-order valence-corrected chi connectivity index (χ3v) is 7.18. The lowest BCUT2D eigenvalue weighted by molar-refractivity contribution is 0.0984. The van der Waals surface area contributed by atoms with Crippen LogP contribution in [0.15, 0.2) is 72.8 Å². The molecule has 1 nitrogen and oxygen atoms in total. The number of fused-ring (bicyclic) bond motifs is 1. The Bertz CT molecular complexity index is 1040. The van der Waals surface area contributed by atoms with Crippen molar-refractivity contribution >= 4 is 5.78 Å². The number of hydrogen-bond donors (Lipinski definition) is 0. The molecule has 3 unspecified atom stereocenters. The summed E-state index contributed by atoms with van der Waals surface area (Å²) in [6.45, 7) is 4.47. The Morgan fingerprint density at radius 1 is 0.897 bits per heavy atom. The number of aryl methyl sites for hydroxylation is 2. The minimum atomic E-state index is -0.384. The summed E-state index contributed by atoms with van der Waals surface area (Å²) < 4.78 is 0. The topological polar surface area (TPSA) is 17.1 Å². The Kier molecular flexibility index (Phi) is 4.42. The molecular weight excluding hydrogens is 352 g/mol. The average Bonchev–Trinajstić information content (AvgIpc) is 3.38. The van der Waals surface area contributed by atoms with Gasteiger partial charge in [-0.2, -0.15) is 0 Å². The second kappa shape index (κ2) is 6.99. The molecule has 146 valence electrons. The first-order chi connectivity index (χ1) is 14.1. The number of carbonyl (C=O) groups is 1. The number of hydrogen-bond acceptors (Lipinski definition) is 1. The van der Waals surface area contributed by atoms with Crippen LogP contribution < -0.4 is 0 Å². The maximum absolute atomic E-state index is 13.0. The fraction of sp³-hybridized carbons (Fsp3) is 0.321. The van der Waals surface area contributed by atoms with Crippen LogP contribution in [0.5, 0.6) is 0 Å². The molecule has 0 amide bonds. The summed E-state index contributed by atoms with van der Waals surface area (Å²) in [5.41, 5.74) is 6.72. The zero-order valence-corrected chi connectivity index (χ0v) is 17.3. The SMILES string of the molecule is Cc1ccc(C2(c3ccc(CCC4CC4C)cc3)CC(=O)c3ccccc32)cc1. The highest BCUT2D eigenvalue weighted by Crippen LogP contribution is 2.49. The number of benzene rings is 3. The van der Waals surface area contributed by atoms with Crippen molar-refractivity contribution in [2.24, 2.45) is 11.8 Å². The standard InChI is InChI=1S/C28H28O/c1-19-7-13-23(14-8-19)28(18-27(29)25-5-3-4-6-26(25)28)24-15-10-21(11-16-24)9-12-22-17-20(22)2/h3-8,10-11,13-16,20,22H,9,12,17-18H2,1-2H3. The van der Waals surface area contributed by atoms with Crippen LogP contribution in [0.1, 0.15) is 64.4 Å². The molecule has 0 N–H and O–H groups in total. The summed E-state index contributed by atoms with van der Waals surface area (Å²) in [6.07, 6.45) is 4.36. The van der Waals surface area contributed by atoms with E-state index < -0.39 is 0 Å². The molecule has 1 heteroatoms. The Morgan fingerprint density at radius 3 is 2.17 bits per heavy atom. The van der Waals surface area contributed by atoms with E-state index in [1.54, 1.807) is 0 Å². The molecule has 1 fully saturated rings.